The summed E-state index contributed by atoms with van der Waals surface area (Å²) in [7, 11) is 0. The maximum atomic E-state index is 11.0. The zero-order valence-electron chi connectivity index (χ0n) is 14.7. The van der Waals surface area contributed by atoms with Gasteiger partial charge in [-0.05, 0) is 50.2 Å². The molecule has 2 heterocycles. The van der Waals surface area contributed by atoms with Gasteiger partial charge in [0.05, 0.1) is 24.8 Å². The zero-order valence-corrected chi connectivity index (χ0v) is 17.0. The highest BCUT2D eigenvalue weighted by molar-refractivity contribution is 14.0. The second-order valence-electron chi connectivity index (χ2n) is 7.24. The average molecular weight is 457 g/mol. The number of fused-ring (bicyclic) bond motifs is 3. The first-order valence-corrected chi connectivity index (χ1v) is 9.19. The number of aliphatic imine (C=N–C) groups is 1. The highest BCUT2D eigenvalue weighted by Crippen LogP contribution is 2.37. The number of ether oxygens (including phenoxy) is 1. The number of aliphatic hydroxyl groups is 1. The lowest BCUT2D eigenvalue weighted by Gasteiger charge is -2.25. The summed E-state index contributed by atoms with van der Waals surface area (Å²) in [6, 6.07) is 8.51. The van der Waals surface area contributed by atoms with E-state index in [-0.39, 0.29) is 24.0 Å². The minimum atomic E-state index is -0.843. The number of rotatable bonds is 4. The normalized spacial score (nSPS) is 33.0. The number of aryl methyl sites for hydroxylation is 1. The Morgan fingerprint density at radius 1 is 1.36 bits per heavy atom. The molecular weight excluding hydrogens is 429 g/mol. The third kappa shape index (κ3) is 3.80. The van der Waals surface area contributed by atoms with Crippen molar-refractivity contribution < 1.29 is 9.84 Å². The van der Waals surface area contributed by atoms with Crippen molar-refractivity contribution in [2.75, 3.05) is 13.1 Å². The Hall–Kier alpha value is -0.860. The van der Waals surface area contributed by atoms with Gasteiger partial charge in [-0.3, -0.25) is 0 Å². The molecule has 2 aliphatic heterocycles. The predicted molar refractivity (Wildman–Crippen MR) is 109 cm³/mol. The first kappa shape index (κ1) is 18.9. The minimum absolute atomic E-state index is 0. The Bertz CT molecular complexity index is 639. The highest BCUT2D eigenvalue weighted by Gasteiger charge is 2.41. The van der Waals surface area contributed by atoms with Crippen molar-refractivity contribution in [2.45, 2.75) is 62.9 Å². The molecule has 5 nitrogen and oxygen atoms in total. The Kier molecular flexibility index (Phi) is 5.90. The van der Waals surface area contributed by atoms with Crippen molar-refractivity contribution >= 4 is 29.9 Å². The van der Waals surface area contributed by atoms with E-state index in [2.05, 4.69) is 23.6 Å². The summed E-state index contributed by atoms with van der Waals surface area (Å²) in [5.41, 5.74) is 1.44. The van der Waals surface area contributed by atoms with Crippen LogP contribution in [0.1, 0.15) is 43.7 Å². The van der Waals surface area contributed by atoms with E-state index in [9.17, 15) is 5.11 Å². The summed E-state index contributed by atoms with van der Waals surface area (Å²) >= 11 is 0. The monoisotopic (exact) mass is 457 g/mol. The number of benzene rings is 1. The van der Waals surface area contributed by atoms with Gasteiger partial charge in [0.15, 0.2) is 5.96 Å². The van der Waals surface area contributed by atoms with Gasteiger partial charge in [-0.25, -0.2) is 4.99 Å². The molecule has 0 spiro atoms. The minimum Gasteiger partial charge on any atom is -0.383 e. The van der Waals surface area contributed by atoms with Crippen molar-refractivity contribution in [2.24, 2.45) is 4.99 Å². The highest BCUT2D eigenvalue weighted by atomic mass is 127. The summed E-state index contributed by atoms with van der Waals surface area (Å²) in [5, 5.41) is 17.9. The Balaban J connectivity index is 0.00000182. The van der Waals surface area contributed by atoms with Crippen molar-refractivity contribution in [1.29, 1.82) is 0 Å². The van der Waals surface area contributed by atoms with Crippen LogP contribution < -0.4 is 10.6 Å². The number of halogens is 1. The molecule has 0 aromatic heterocycles. The SMILES string of the molecule is CCNC(=NCC1(O)CCc2ccccc21)NC1CC2CCC1O2.I. The van der Waals surface area contributed by atoms with Gasteiger partial charge < -0.3 is 20.5 Å². The van der Waals surface area contributed by atoms with Crippen molar-refractivity contribution in [1.82, 2.24) is 10.6 Å². The number of nitrogens with one attached hydrogen (secondary N) is 2. The second kappa shape index (κ2) is 7.80. The summed E-state index contributed by atoms with van der Waals surface area (Å²) in [6.07, 6.45) is 5.78. The summed E-state index contributed by atoms with van der Waals surface area (Å²) in [4.78, 5) is 4.70. The van der Waals surface area contributed by atoms with E-state index in [4.69, 9.17) is 9.73 Å². The van der Waals surface area contributed by atoms with Crippen LogP contribution in [0.4, 0.5) is 0 Å². The largest absolute Gasteiger partial charge is 0.383 e. The molecule has 2 bridgehead atoms. The lowest BCUT2D eigenvalue weighted by molar-refractivity contribution is 0.0485. The lowest BCUT2D eigenvalue weighted by atomic mass is 9.95. The molecule has 2 saturated heterocycles. The molecule has 138 valence electrons. The maximum Gasteiger partial charge on any atom is 0.191 e. The van der Waals surface area contributed by atoms with Crippen molar-refractivity contribution in [3.63, 3.8) is 0 Å². The number of nitrogens with zero attached hydrogens (tertiary/aromatic N) is 1. The molecule has 4 unspecified atom stereocenters. The van der Waals surface area contributed by atoms with Crippen LogP contribution in [0, 0.1) is 0 Å². The third-order valence-corrected chi connectivity index (χ3v) is 5.60. The van der Waals surface area contributed by atoms with Crippen LogP contribution in [0.5, 0.6) is 0 Å². The standard InChI is InChI=1S/C19H27N3O2.HI/c1-2-20-18(22-16-11-14-7-8-17(16)24-14)21-12-19(23)10-9-13-5-3-4-6-15(13)19;/h3-6,14,16-17,23H,2,7-12H2,1H3,(H2,20,21,22);1H. The fraction of sp³-hybridized carbons (Fsp3) is 0.632. The summed E-state index contributed by atoms with van der Waals surface area (Å²) in [5.74, 6) is 0.788. The zero-order chi connectivity index (χ0) is 16.6. The molecule has 2 fully saturated rings. The van der Waals surface area contributed by atoms with Gasteiger partial charge in [-0.15, -0.1) is 24.0 Å². The second-order valence-corrected chi connectivity index (χ2v) is 7.24. The van der Waals surface area contributed by atoms with E-state index in [1.54, 1.807) is 0 Å². The number of guanidine groups is 1. The molecule has 1 aromatic carbocycles. The first-order valence-electron chi connectivity index (χ1n) is 9.19. The van der Waals surface area contributed by atoms with Crippen molar-refractivity contribution in [3.05, 3.63) is 35.4 Å². The molecule has 0 amide bonds. The third-order valence-electron chi connectivity index (χ3n) is 5.60. The molecule has 3 aliphatic rings. The molecule has 4 rings (SSSR count). The molecular formula is C19H28IN3O2. The van der Waals surface area contributed by atoms with E-state index in [0.717, 1.165) is 43.8 Å². The Morgan fingerprint density at radius 3 is 2.92 bits per heavy atom. The number of hydrogen-bond donors (Lipinski definition) is 3. The van der Waals surface area contributed by atoms with E-state index in [1.165, 1.54) is 12.0 Å². The fourth-order valence-electron chi connectivity index (χ4n) is 4.33. The smallest absolute Gasteiger partial charge is 0.191 e. The van der Waals surface area contributed by atoms with Gasteiger partial charge in [0, 0.05) is 6.54 Å². The molecule has 1 aliphatic carbocycles. The van der Waals surface area contributed by atoms with E-state index >= 15 is 0 Å². The van der Waals surface area contributed by atoms with Crippen LogP contribution in [0.3, 0.4) is 0 Å². The lowest BCUT2D eigenvalue weighted by Crippen LogP contribution is -2.48. The average Bonchev–Trinajstić information content (AvgIpc) is 3.29. The fourth-order valence-corrected chi connectivity index (χ4v) is 4.33. The van der Waals surface area contributed by atoms with Crippen LogP contribution in [-0.2, 0) is 16.8 Å². The van der Waals surface area contributed by atoms with Gasteiger partial charge in [-0.2, -0.15) is 0 Å². The van der Waals surface area contributed by atoms with Crippen LogP contribution in [0.25, 0.3) is 0 Å². The molecule has 6 heteroatoms. The van der Waals surface area contributed by atoms with E-state index in [0.29, 0.717) is 24.8 Å². The first-order chi connectivity index (χ1) is 11.7. The maximum absolute atomic E-state index is 11.0. The van der Waals surface area contributed by atoms with E-state index < -0.39 is 5.60 Å². The molecule has 0 saturated carbocycles. The molecule has 4 atom stereocenters. The van der Waals surface area contributed by atoms with Gasteiger partial charge >= 0.3 is 0 Å². The quantitative estimate of drug-likeness (QED) is 0.369. The van der Waals surface area contributed by atoms with Crippen molar-refractivity contribution in [3.8, 4) is 0 Å². The predicted octanol–water partition coefficient (Wildman–Crippen LogP) is 2.31. The van der Waals surface area contributed by atoms with Crippen LogP contribution in [0.2, 0.25) is 0 Å². The molecule has 1 aromatic rings. The van der Waals surface area contributed by atoms with Crippen LogP contribution >= 0.6 is 24.0 Å². The molecule has 3 N–H and O–H groups in total. The topological polar surface area (TPSA) is 65.9 Å². The van der Waals surface area contributed by atoms with Gasteiger partial charge in [0.2, 0.25) is 0 Å². The summed E-state index contributed by atoms with van der Waals surface area (Å²) in [6.45, 7) is 3.26. The summed E-state index contributed by atoms with van der Waals surface area (Å²) < 4.78 is 5.91. The van der Waals surface area contributed by atoms with E-state index in [1.807, 2.05) is 18.2 Å². The number of hydrogen-bond acceptors (Lipinski definition) is 3. The van der Waals surface area contributed by atoms with Gasteiger partial charge in [0.1, 0.15) is 5.60 Å². The van der Waals surface area contributed by atoms with Crippen LogP contribution in [-0.4, -0.2) is 42.4 Å². The molecule has 0 radical (unpaired) electrons. The molecule has 25 heavy (non-hydrogen) atoms. The van der Waals surface area contributed by atoms with Gasteiger partial charge in [-0.1, -0.05) is 24.3 Å². The van der Waals surface area contributed by atoms with Crippen LogP contribution in [0.15, 0.2) is 29.3 Å². The van der Waals surface area contributed by atoms with Gasteiger partial charge in [0.25, 0.3) is 0 Å². The Morgan fingerprint density at radius 2 is 2.20 bits per heavy atom. The Labute approximate surface area is 166 Å².